The summed E-state index contributed by atoms with van der Waals surface area (Å²) in [7, 11) is -0.679. The molecule has 1 saturated heterocycles. The van der Waals surface area contributed by atoms with E-state index in [1.807, 2.05) is 6.92 Å². The van der Waals surface area contributed by atoms with E-state index in [-0.39, 0.29) is 0 Å². The normalized spacial score (nSPS) is 27.5. The van der Waals surface area contributed by atoms with Gasteiger partial charge in [0.2, 0.25) is 0 Å². The molecule has 0 amide bonds. The Morgan fingerprint density at radius 1 is 1.19 bits per heavy atom. The zero-order valence-corrected chi connectivity index (χ0v) is 18.1. The number of guanidine groups is 1. The lowest BCUT2D eigenvalue weighted by Crippen LogP contribution is -2.47. The average Bonchev–Trinajstić information content (AvgIpc) is 3.15. The van der Waals surface area contributed by atoms with Crippen LogP contribution in [-0.4, -0.2) is 64.3 Å². The van der Waals surface area contributed by atoms with Gasteiger partial charge >= 0.3 is 0 Å². The molecule has 1 aliphatic carbocycles. The number of nitrogens with zero attached hydrogens (tertiary/aromatic N) is 2. The molecule has 0 spiro atoms. The minimum absolute atomic E-state index is 0.349. The van der Waals surface area contributed by atoms with Crippen molar-refractivity contribution in [1.29, 1.82) is 0 Å². The van der Waals surface area contributed by atoms with Gasteiger partial charge in [-0.05, 0) is 58.0 Å². The van der Waals surface area contributed by atoms with Gasteiger partial charge in [-0.2, -0.15) is 0 Å². The summed E-state index contributed by atoms with van der Waals surface area (Å²) in [5.41, 5.74) is 0. The van der Waals surface area contributed by atoms with Crippen molar-refractivity contribution < 1.29 is 4.21 Å². The molecule has 26 heavy (non-hydrogen) atoms. The van der Waals surface area contributed by atoms with Gasteiger partial charge < -0.3 is 10.6 Å². The smallest absolute Gasteiger partial charge is 0.191 e. The fraction of sp³-hybridized carbons (Fsp3) is 0.950. The number of hydrogen-bond donors (Lipinski definition) is 2. The maximum absolute atomic E-state index is 12.2. The van der Waals surface area contributed by atoms with Gasteiger partial charge in [0.25, 0.3) is 0 Å². The van der Waals surface area contributed by atoms with Crippen molar-refractivity contribution in [3.8, 4) is 0 Å². The predicted octanol–water partition coefficient (Wildman–Crippen LogP) is 2.74. The molecule has 5 nitrogen and oxygen atoms in total. The molecular weight excluding hydrogens is 344 g/mol. The number of likely N-dealkylation sites (tertiary alicyclic amines) is 1. The molecule has 6 heteroatoms. The topological polar surface area (TPSA) is 56.7 Å². The molecule has 0 aromatic carbocycles. The van der Waals surface area contributed by atoms with Crippen molar-refractivity contribution in [3.63, 3.8) is 0 Å². The molecule has 0 radical (unpaired) electrons. The van der Waals surface area contributed by atoms with Crippen LogP contribution < -0.4 is 10.6 Å². The minimum Gasteiger partial charge on any atom is -0.357 e. The largest absolute Gasteiger partial charge is 0.357 e. The third kappa shape index (κ3) is 6.52. The first-order valence-corrected chi connectivity index (χ1v) is 12.1. The molecule has 1 saturated carbocycles. The highest BCUT2D eigenvalue weighted by Crippen LogP contribution is 2.23. The van der Waals surface area contributed by atoms with E-state index in [1.54, 1.807) is 0 Å². The van der Waals surface area contributed by atoms with Gasteiger partial charge in [-0.1, -0.05) is 27.2 Å². The summed E-state index contributed by atoms with van der Waals surface area (Å²) in [6.45, 7) is 12.9. The van der Waals surface area contributed by atoms with Crippen LogP contribution in [0, 0.1) is 5.92 Å². The quantitative estimate of drug-likeness (QED) is 0.499. The first-order chi connectivity index (χ1) is 12.5. The third-order valence-electron chi connectivity index (χ3n) is 5.78. The predicted molar refractivity (Wildman–Crippen MR) is 113 cm³/mol. The van der Waals surface area contributed by atoms with Gasteiger partial charge in [0, 0.05) is 40.4 Å². The van der Waals surface area contributed by atoms with Crippen LogP contribution >= 0.6 is 0 Å². The van der Waals surface area contributed by atoms with Gasteiger partial charge in [0.05, 0.1) is 6.54 Å². The summed E-state index contributed by atoms with van der Waals surface area (Å²) >= 11 is 0. The van der Waals surface area contributed by atoms with Crippen molar-refractivity contribution in [1.82, 2.24) is 15.5 Å². The molecule has 2 fully saturated rings. The van der Waals surface area contributed by atoms with E-state index in [0.29, 0.717) is 23.3 Å². The van der Waals surface area contributed by atoms with Crippen LogP contribution in [0.15, 0.2) is 4.99 Å². The molecule has 2 N–H and O–H groups in total. The molecule has 0 aromatic heterocycles. The highest BCUT2D eigenvalue weighted by Gasteiger charge is 2.27. The fourth-order valence-corrected chi connectivity index (χ4v) is 5.62. The monoisotopic (exact) mass is 384 g/mol. The molecule has 0 aromatic rings. The number of hydrogen-bond acceptors (Lipinski definition) is 3. The van der Waals surface area contributed by atoms with Crippen LogP contribution in [0.4, 0.5) is 0 Å². The minimum atomic E-state index is -0.679. The van der Waals surface area contributed by atoms with Gasteiger partial charge in [-0.15, -0.1) is 0 Å². The van der Waals surface area contributed by atoms with E-state index in [9.17, 15) is 4.21 Å². The average molecular weight is 385 g/mol. The zero-order chi connectivity index (χ0) is 18.9. The molecule has 2 aliphatic rings. The maximum Gasteiger partial charge on any atom is 0.191 e. The van der Waals surface area contributed by atoms with Gasteiger partial charge in [-0.3, -0.25) is 14.1 Å². The molecule has 4 unspecified atom stereocenters. The lowest BCUT2D eigenvalue weighted by molar-refractivity contribution is 0.197. The second-order valence-corrected chi connectivity index (χ2v) is 10.1. The maximum atomic E-state index is 12.2. The first-order valence-electron chi connectivity index (χ1n) is 10.7. The van der Waals surface area contributed by atoms with E-state index in [2.05, 4.69) is 36.3 Å². The van der Waals surface area contributed by atoms with Crippen LogP contribution in [0.1, 0.15) is 66.2 Å². The van der Waals surface area contributed by atoms with E-state index in [1.165, 1.54) is 25.9 Å². The van der Waals surface area contributed by atoms with Crippen molar-refractivity contribution in [3.05, 3.63) is 0 Å². The highest BCUT2D eigenvalue weighted by molar-refractivity contribution is 7.85. The molecular formula is C20H40N4OS. The second kappa shape index (κ2) is 11.3. The molecule has 152 valence electrons. The molecule has 1 heterocycles. The van der Waals surface area contributed by atoms with E-state index >= 15 is 0 Å². The van der Waals surface area contributed by atoms with E-state index in [0.717, 1.165) is 50.5 Å². The number of aliphatic imine (C=N–C) groups is 1. The Balaban J connectivity index is 1.95. The molecule has 4 atom stereocenters. The van der Waals surface area contributed by atoms with Gasteiger partial charge in [-0.25, -0.2) is 0 Å². The summed E-state index contributed by atoms with van der Waals surface area (Å²) in [6, 6.07) is 0.922. The SMILES string of the molecule is CCNC(=NCC(C(C)C)N1CCCC1)NC1CCCC(S(=O)CC)C1. The lowest BCUT2D eigenvalue weighted by atomic mass is 9.95. The summed E-state index contributed by atoms with van der Waals surface area (Å²) in [5.74, 6) is 2.33. The van der Waals surface area contributed by atoms with Crippen molar-refractivity contribution in [2.75, 3.05) is 31.9 Å². The Labute approximate surface area is 163 Å². The van der Waals surface area contributed by atoms with E-state index < -0.39 is 10.8 Å². The third-order valence-corrected chi connectivity index (χ3v) is 7.52. The van der Waals surface area contributed by atoms with Gasteiger partial charge in [0.15, 0.2) is 5.96 Å². The Hall–Kier alpha value is -0.620. The summed E-state index contributed by atoms with van der Waals surface area (Å²) in [4.78, 5) is 7.55. The summed E-state index contributed by atoms with van der Waals surface area (Å²) in [6.07, 6.45) is 7.07. The highest BCUT2D eigenvalue weighted by atomic mass is 32.2. The second-order valence-electron chi connectivity index (χ2n) is 8.07. The van der Waals surface area contributed by atoms with Crippen molar-refractivity contribution in [2.24, 2.45) is 10.9 Å². The van der Waals surface area contributed by atoms with Crippen molar-refractivity contribution >= 4 is 16.8 Å². The Morgan fingerprint density at radius 2 is 1.92 bits per heavy atom. The van der Waals surface area contributed by atoms with Crippen LogP contribution in [0.5, 0.6) is 0 Å². The lowest BCUT2D eigenvalue weighted by Gasteiger charge is -2.31. The van der Waals surface area contributed by atoms with Gasteiger partial charge in [0.1, 0.15) is 0 Å². The zero-order valence-electron chi connectivity index (χ0n) is 17.3. The van der Waals surface area contributed by atoms with Crippen LogP contribution in [-0.2, 0) is 10.8 Å². The molecule has 0 bridgehead atoms. The number of nitrogens with one attached hydrogen (secondary N) is 2. The summed E-state index contributed by atoms with van der Waals surface area (Å²) < 4.78 is 12.2. The number of rotatable bonds is 8. The Morgan fingerprint density at radius 3 is 2.54 bits per heavy atom. The Bertz CT molecular complexity index is 463. The molecule has 2 rings (SSSR count). The van der Waals surface area contributed by atoms with Crippen molar-refractivity contribution in [2.45, 2.75) is 83.6 Å². The fourth-order valence-electron chi connectivity index (χ4n) is 4.27. The van der Waals surface area contributed by atoms with Crippen LogP contribution in [0.25, 0.3) is 0 Å². The summed E-state index contributed by atoms with van der Waals surface area (Å²) in [5, 5.41) is 7.40. The standard InChI is InChI=1S/C20H40N4OS/c1-5-21-20(22-15-19(16(3)4)24-12-7-8-13-24)23-17-10-9-11-18(14-17)26(25)6-2/h16-19H,5-15H2,1-4H3,(H2,21,22,23). The van der Waals surface area contributed by atoms with Crippen LogP contribution in [0.3, 0.4) is 0 Å². The first kappa shape index (κ1) is 21.7. The van der Waals surface area contributed by atoms with E-state index in [4.69, 9.17) is 4.99 Å². The van der Waals surface area contributed by atoms with Crippen LogP contribution in [0.2, 0.25) is 0 Å². The Kier molecular flexibility index (Phi) is 9.40. The molecule has 1 aliphatic heterocycles.